The van der Waals surface area contributed by atoms with E-state index in [1.54, 1.807) is 24.3 Å². The molecule has 0 unspecified atom stereocenters. The molecule has 25 heavy (non-hydrogen) atoms. The van der Waals surface area contributed by atoms with Gasteiger partial charge >= 0.3 is 12.1 Å². The minimum Gasteiger partial charge on any atom is -0.489 e. The highest BCUT2D eigenvalue weighted by Crippen LogP contribution is 2.17. The third kappa shape index (κ3) is 5.62. The summed E-state index contributed by atoms with van der Waals surface area (Å²) in [5.74, 6) is -0.967. The number of amides is 1. The molecule has 0 saturated heterocycles. The fourth-order valence-electron chi connectivity index (χ4n) is 2.02. The molecule has 0 radical (unpaired) electrons. The molecule has 0 aliphatic heterocycles. The fraction of sp³-hybridized carbons (Fsp3) is 0.105. The number of esters is 1. The maximum Gasteiger partial charge on any atom is 0.412 e. The highest BCUT2D eigenvalue weighted by Gasteiger charge is 2.18. The summed E-state index contributed by atoms with van der Waals surface area (Å²) in [5.41, 5.74) is 6.15. The molecule has 2 N–H and O–H groups in total. The van der Waals surface area contributed by atoms with Crippen LogP contribution in [0.25, 0.3) is 6.08 Å². The van der Waals surface area contributed by atoms with Gasteiger partial charge in [-0.2, -0.15) is 0 Å². The highest BCUT2D eigenvalue weighted by atomic mass is 16.6. The quantitative estimate of drug-likeness (QED) is 0.378. The average molecular weight is 339 g/mol. The summed E-state index contributed by atoms with van der Waals surface area (Å²) >= 11 is 0. The third-order valence-corrected chi connectivity index (χ3v) is 3.23. The van der Waals surface area contributed by atoms with Crippen molar-refractivity contribution in [3.63, 3.8) is 0 Å². The molecule has 2 aromatic carbocycles. The van der Waals surface area contributed by atoms with Crippen molar-refractivity contribution < 1.29 is 23.9 Å². The highest BCUT2D eigenvalue weighted by molar-refractivity contribution is 6.21. The van der Waals surface area contributed by atoms with Gasteiger partial charge in [-0.3, -0.25) is 4.79 Å². The van der Waals surface area contributed by atoms with Gasteiger partial charge in [0.1, 0.15) is 17.9 Å². The summed E-state index contributed by atoms with van der Waals surface area (Å²) in [7, 11) is 0. The van der Waals surface area contributed by atoms with Gasteiger partial charge in [-0.1, -0.05) is 42.5 Å². The minimum atomic E-state index is -1.26. The van der Waals surface area contributed by atoms with Crippen molar-refractivity contribution in [3.05, 3.63) is 71.3 Å². The van der Waals surface area contributed by atoms with Crippen LogP contribution in [0, 0.1) is 0 Å². The van der Waals surface area contributed by atoms with E-state index in [4.69, 9.17) is 10.5 Å². The zero-order valence-corrected chi connectivity index (χ0v) is 13.6. The molecule has 2 rings (SSSR count). The Morgan fingerprint density at radius 2 is 1.64 bits per heavy atom. The molecule has 0 heterocycles. The van der Waals surface area contributed by atoms with E-state index in [1.165, 1.54) is 13.0 Å². The van der Waals surface area contributed by atoms with Gasteiger partial charge < -0.3 is 15.2 Å². The van der Waals surface area contributed by atoms with Gasteiger partial charge in [-0.25, -0.2) is 9.59 Å². The molecule has 6 nitrogen and oxygen atoms in total. The lowest BCUT2D eigenvalue weighted by Gasteiger charge is -2.07. The SMILES string of the molecule is CC(=O)C(=Cc1ccc(OCc2ccccc2)cc1)C(=O)OC(N)=O. The monoisotopic (exact) mass is 339 g/mol. The van der Waals surface area contributed by atoms with Crippen LogP contribution in [-0.4, -0.2) is 17.8 Å². The number of Topliss-reactive ketones (excluding diaryl/α,β-unsaturated/α-hetero) is 1. The Labute approximate surface area is 144 Å². The summed E-state index contributed by atoms with van der Waals surface area (Å²) in [6.07, 6.45) is 0.0657. The second-order valence-electron chi connectivity index (χ2n) is 5.17. The molecule has 1 amide bonds. The molecule has 128 valence electrons. The lowest BCUT2D eigenvalue weighted by molar-refractivity contribution is -0.134. The normalized spacial score (nSPS) is 10.8. The van der Waals surface area contributed by atoms with Gasteiger partial charge in [-0.05, 0) is 36.3 Å². The molecule has 2 aromatic rings. The number of carbonyl (C=O) groups is 3. The largest absolute Gasteiger partial charge is 0.489 e. The first-order chi connectivity index (χ1) is 12.0. The van der Waals surface area contributed by atoms with Gasteiger partial charge in [-0.15, -0.1) is 0 Å². The van der Waals surface area contributed by atoms with E-state index in [0.717, 1.165) is 5.56 Å². The van der Waals surface area contributed by atoms with Crippen molar-refractivity contribution in [1.82, 2.24) is 0 Å². The van der Waals surface area contributed by atoms with E-state index >= 15 is 0 Å². The van der Waals surface area contributed by atoms with Crippen LogP contribution in [0.3, 0.4) is 0 Å². The van der Waals surface area contributed by atoms with E-state index in [0.29, 0.717) is 17.9 Å². The third-order valence-electron chi connectivity index (χ3n) is 3.23. The first kappa shape index (κ1) is 17.9. The van der Waals surface area contributed by atoms with Gasteiger partial charge in [0, 0.05) is 0 Å². The van der Waals surface area contributed by atoms with Crippen molar-refractivity contribution >= 4 is 23.9 Å². The topological polar surface area (TPSA) is 95.7 Å². The Kier molecular flexibility index (Phi) is 6.06. The standard InChI is InChI=1S/C19H17NO5/c1-13(21)17(18(22)25-19(20)23)11-14-7-9-16(10-8-14)24-12-15-5-3-2-4-6-15/h2-11H,12H2,1H3,(H2,20,23). The Bertz CT molecular complexity index is 794. The summed E-state index contributed by atoms with van der Waals surface area (Å²) < 4.78 is 9.90. The first-order valence-corrected chi connectivity index (χ1v) is 7.47. The molecule has 0 atom stereocenters. The Hall–Kier alpha value is -3.41. The maximum absolute atomic E-state index is 11.7. The predicted octanol–water partition coefficient (Wildman–Crippen LogP) is 2.86. The Balaban J connectivity index is 2.08. The van der Waals surface area contributed by atoms with Crippen LogP contribution in [0.15, 0.2) is 60.2 Å². The number of carbonyl (C=O) groups excluding carboxylic acids is 3. The summed E-state index contributed by atoms with van der Waals surface area (Å²) in [5, 5.41) is 0. The molecule has 0 saturated carbocycles. The van der Waals surface area contributed by atoms with Crippen LogP contribution in [0.2, 0.25) is 0 Å². The van der Waals surface area contributed by atoms with Crippen LogP contribution in [0.5, 0.6) is 5.75 Å². The van der Waals surface area contributed by atoms with Crippen molar-refractivity contribution in [2.45, 2.75) is 13.5 Å². The summed E-state index contributed by atoms with van der Waals surface area (Å²) in [4.78, 5) is 33.9. The number of ether oxygens (including phenoxy) is 2. The zero-order valence-electron chi connectivity index (χ0n) is 13.6. The molecule has 6 heteroatoms. The zero-order chi connectivity index (χ0) is 18.2. The van der Waals surface area contributed by atoms with Crippen LogP contribution in [0.4, 0.5) is 4.79 Å². The maximum atomic E-state index is 11.7. The van der Waals surface area contributed by atoms with Crippen LogP contribution < -0.4 is 10.5 Å². The van der Waals surface area contributed by atoms with E-state index in [-0.39, 0.29) is 5.57 Å². The van der Waals surface area contributed by atoms with Crippen molar-refractivity contribution in [2.75, 3.05) is 0 Å². The molecular weight excluding hydrogens is 322 g/mol. The molecule has 0 bridgehead atoms. The predicted molar refractivity (Wildman–Crippen MR) is 91.5 cm³/mol. The van der Waals surface area contributed by atoms with Gasteiger partial charge in [0.05, 0.1) is 0 Å². The Morgan fingerprint density at radius 1 is 1.00 bits per heavy atom. The molecule has 0 aromatic heterocycles. The number of benzene rings is 2. The smallest absolute Gasteiger partial charge is 0.412 e. The average Bonchev–Trinajstić information content (AvgIpc) is 2.58. The van der Waals surface area contributed by atoms with Crippen molar-refractivity contribution in [1.29, 1.82) is 0 Å². The number of hydrogen-bond acceptors (Lipinski definition) is 5. The minimum absolute atomic E-state index is 0.267. The summed E-state index contributed by atoms with van der Waals surface area (Å²) in [6, 6.07) is 16.5. The lowest BCUT2D eigenvalue weighted by atomic mass is 10.1. The van der Waals surface area contributed by atoms with E-state index in [1.807, 2.05) is 30.3 Å². The van der Waals surface area contributed by atoms with Gasteiger partial charge in [0.2, 0.25) is 0 Å². The first-order valence-electron chi connectivity index (χ1n) is 7.47. The van der Waals surface area contributed by atoms with Crippen molar-refractivity contribution in [3.8, 4) is 5.75 Å². The van der Waals surface area contributed by atoms with Gasteiger partial charge in [0.15, 0.2) is 5.78 Å². The second kappa shape index (κ2) is 8.44. The number of rotatable bonds is 6. The second-order valence-corrected chi connectivity index (χ2v) is 5.17. The van der Waals surface area contributed by atoms with Crippen molar-refractivity contribution in [2.24, 2.45) is 5.73 Å². The van der Waals surface area contributed by atoms with E-state index in [2.05, 4.69) is 4.74 Å². The van der Waals surface area contributed by atoms with Gasteiger partial charge in [0.25, 0.3) is 0 Å². The molecule has 0 spiro atoms. The Morgan fingerprint density at radius 3 is 2.20 bits per heavy atom. The number of ketones is 1. The van der Waals surface area contributed by atoms with E-state index in [9.17, 15) is 14.4 Å². The summed E-state index contributed by atoms with van der Waals surface area (Å²) in [6.45, 7) is 1.63. The van der Waals surface area contributed by atoms with Crippen LogP contribution in [-0.2, 0) is 20.9 Å². The molecule has 0 aliphatic carbocycles. The van der Waals surface area contributed by atoms with Crippen LogP contribution in [0.1, 0.15) is 18.1 Å². The fourth-order valence-corrected chi connectivity index (χ4v) is 2.02. The van der Waals surface area contributed by atoms with Crippen LogP contribution >= 0.6 is 0 Å². The molecular formula is C19H17NO5. The number of hydrogen-bond donors (Lipinski definition) is 1. The molecule has 0 fully saturated rings. The number of nitrogens with two attached hydrogens (primary N) is 1. The van der Waals surface area contributed by atoms with E-state index < -0.39 is 17.8 Å². The number of primary amides is 1. The molecule has 0 aliphatic rings. The lowest BCUT2D eigenvalue weighted by Crippen LogP contribution is -2.22.